The average Bonchev–Trinajstić information content (AvgIpc) is 3.22. The van der Waals surface area contributed by atoms with Gasteiger partial charge in [-0.25, -0.2) is 4.39 Å². The maximum Gasteiger partial charge on any atom is 0.305 e. The number of hydrogen-bond donors (Lipinski definition) is 3. The van der Waals surface area contributed by atoms with Crippen molar-refractivity contribution in [3.8, 4) is 11.6 Å². The zero-order valence-corrected chi connectivity index (χ0v) is 20.9. The second-order valence-corrected chi connectivity index (χ2v) is 10.0. The van der Waals surface area contributed by atoms with Crippen LogP contribution in [-0.2, 0) is 11.2 Å². The highest BCUT2D eigenvalue weighted by molar-refractivity contribution is 5.93. The number of carbonyl (C=O) groups excluding carboxylic acids is 1. The highest BCUT2D eigenvalue weighted by Crippen LogP contribution is 2.31. The van der Waals surface area contributed by atoms with E-state index in [1.165, 1.54) is 24.3 Å². The average molecular weight is 498 g/mol. The van der Waals surface area contributed by atoms with Gasteiger partial charge in [0, 0.05) is 12.1 Å². The van der Waals surface area contributed by atoms with E-state index in [0.29, 0.717) is 6.42 Å². The van der Waals surface area contributed by atoms with Gasteiger partial charge in [-0.05, 0) is 36.5 Å². The van der Waals surface area contributed by atoms with E-state index in [1.54, 1.807) is 13.0 Å². The maximum absolute atomic E-state index is 14.6. The molecule has 2 atom stereocenters. The van der Waals surface area contributed by atoms with Gasteiger partial charge >= 0.3 is 5.97 Å². The fourth-order valence-electron chi connectivity index (χ4n) is 3.35. The quantitative estimate of drug-likeness (QED) is 0.390. The Balaban J connectivity index is 1.90. The fraction of sp³-hybridized carbons (Fsp3) is 0.370. The Morgan fingerprint density at radius 3 is 2.33 bits per heavy atom. The van der Waals surface area contributed by atoms with Crippen LogP contribution in [-0.4, -0.2) is 50.1 Å². The lowest BCUT2D eigenvalue weighted by atomic mass is 9.78. The second-order valence-electron chi connectivity index (χ2n) is 10.0. The Hall–Kier alpha value is -3.72. The molecule has 2 aromatic carbocycles. The number of rotatable bonds is 10. The number of para-hydroxylation sites is 1. The molecule has 3 aromatic rings. The Morgan fingerprint density at radius 1 is 1.08 bits per heavy atom. The van der Waals surface area contributed by atoms with Crippen LogP contribution in [0.2, 0.25) is 0 Å². The van der Waals surface area contributed by atoms with E-state index in [2.05, 4.69) is 10.4 Å². The standard InChI is InChI=1S/C27H32FN3O5/c1-26(2,3)27(4,35)17-36-23-16-21(30-31(23)22-13-9-8-12-20(22)28)25(34)29-19(15-24(32)33)14-18-10-6-5-7-11-18/h5-13,16,19,35H,14-15,17H2,1-4H3,(H,29,34)(H,32,33). The van der Waals surface area contributed by atoms with Crippen LogP contribution in [0.1, 0.15) is 50.2 Å². The van der Waals surface area contributed by atoms with Crippen LogP contribution in [0.25, 0.3) is 5.69 Å². The first kappa shape index (κ1) is 26.9. The van der Waals surface area contributed by atoms with E-state index in [0.717, 1.165) is 10.2 Å². The zero-order valence-electron chi connectivity index (χ0n) is 20.9. The van der Waals surface area contributed by atoms with Gasteiger partial charge in [-0.3, -0.25) is 9.59 Å². The van der Waals surface area contributed by atoms with Crippen LogP contribution in [0.15, 0.2) is 60.7 Å². The molecule has 0 saturated carbocycles. The van der Waals surface area contributed by atoms with E-state index < -0.39 is 34.8 Å². The summed E-state index contributed by atoms with van der Waals surface area (Å²) >= 11 is 0. The summed E-state index contributed by atoms with van der Waals surface area (Å²) < 4.78 is 21.6. The van der Waals surface area contributed by atoms with E-state index in [1.807, 2.05) is 51.1 Å². The molecule has 1 heterocycles. The molecule has 1 aromatic heterocycles. The van der Waals surface area contributed by atoms with Crippen molar-refractivity contribution in [2.24, 2.45) is 5.41 Å². The van der Waals surface area contributed by atoms with Crippen LogP contribution in [0.4, 0.5) is 4.39 Å². The maximum atomic E-state index is 14.6. The number of carboxylic acids is 1. The van der Waals surface area contributed by atoms with Gasteiger partial charge in [-0.1, -0.05) is 63.2 Å². The highest BCUT2D eigenvalue weighted by Gasteiger charge is 2.36. The number of nitrogens with one attached hydrogen (secondary N) is 1. The molecule has 0 spiro atoms. The van der Waals surface area contributed by atoms with Crippen LogP contribution >= 0.6 is 0 Å². The molecule has 2 unspecified atom stereocenters. The van der Waals surface area contributed by atoms with Gasteiger partial charge in [0.1, 0.15) is 23.7 Å². The van der Waals surface area contributed by atoms with Crippen LogP contribution < -0.4 is 10.1 Å². The van der Waals surface area contributed by atoms with Crippen molar-refractivity contribution in [3.05, 3.63) is 77.7 Å². The summed E-state index contributed by atoms with van der Waals surface area (Å²) in [7, 11) is 0. The second kappa shape index (κ2) is 10.9. The predicted molar refractivity (Wildman–Crippen MR) is 133 cm³/mol. The molecule has 1 amide bonds. The van der Waals surface area contributed by atoms with Crippen LogP contribution in [0, 0.1) is 11.2 Å². The summed E-state index contributed by atoms with van der Waals surface area (Å²) in [5.41, 5.74) is -0.894. The lowest BCUT2D eigenvalue weighted by molar-refractivity contribution is -0.137. The first-order valence-electron chi connectivity index (χ1n) is 11.6. The number of benzene rings is 2. The van der Waals surface area contributed by atoms with Crippen molar-refractivity contribution < 1.29 is 28.9 Å². The first-order valence-corrected chi connectivity index (χ1v) is 11.6. The molecule has 0 saturated heterocycles. The minimum absolute atomic E-state index is 0.0626. The number of ether oxygens (including phenoxy) is 1. The molecule has 36 heavy (non-hydrogen) atoms. The van der Waals surface area contributed by atoms with Gasteiger partial charge in [-0.2, -0.15) is 9.78 Å². The third kappa shape index (κ3) is 6.69. The minimum Gasteiger partial charge on any atom is -0.481 e. The molecule has 0 aliphatic carbocycles. The van der Waals surface area contributed by atoms with Crippen molar-refractivity contribution in [1.82, 2.24) is 15.1 Å². The van der Waals surface area contributed by atoms with Gasteiger partial charge in [0.2, 0.25) is 5.88 Å². The molecule has 8 nitrogen and oxygen atoms in total. The Labute approximate surface area is 209 Å². The number of hydrogen-bond acceptors (Lipinski definition) is 5. The number of carboxylic acid groups (broad SMARTS) is 1. The summed E-state index contributed by atoms with van der Waals surface area (Å²) in [4.78, 5) is 24.5. The van der Waals surface area contributed by atoms with E-state index in [9.17, 15) is 24.2 Å². The monoisotopic (exact) mass is 497 g/mol. The molecule has 0 aliphatic rings. The molecule has 0 fully saturated rings. The summed E-state index contributed by atoms with van der Waals surface area (Å²) in [5, 5.41) is 27.1. The molecule has 9 heteroatoms. The van der Waals surface area contributed by atoms with Crippen molar-refractivity contribution in [1.29, 1.82) is 0 Å². The molecule has 0 bridgehead atoms. The number of nitrogens with zero attached hydrogens (tertiary/aromatic N) is 2. The fourth-order valence-corrected chi connectivity index (χ4v) is 3.35. The molecule has 0 aliphatic heterocycles. The van der Waals surface area contributed by atoms with Crippen LogP contribution in [0.3, 0.4) is 0 Å². The van der Waals surface area contributed by atoms with E-state index in [-0.39, 0.29) is 30.3 Å². The summed E-state index contributed by atoms with van der Waals surface area (Å²) in [5.74, 6) is -2.19. The zero-order chi connectivity index (χ0) is 26.5. The third-order valence-electron chi connectivity index (χ3n) is 6.19. The van der Waals surface area contributed by atoms with Crippen molar-refractivity contribution in [2.75, 3.05) is 6.61 Å². The van der Waals surface area contributed by atoms with Gasteiger partial charge in [-0.15, -0.1) is 0 Å². The number of aliphatic carboxylic acids is 1. The number of aliphatic hydroxyl groups is 1. The molecule has 3 N–H and O–H groups in total. The Morgan fingerprint density at radius 2 is 1.72 bits per heavy atom. The minimum atomic E-state index is -1.23. The Bertz CT molecular complexity index is 1200. The number of halogens is 1. The molecule has 0 radical (unpaired) electrons. The largest absolute Gasteiger partial charge is 0.481 e. The van der Waals surface area contributed by atoms with Crippen molar-refractivity contribution in [2.45, 2.75) is 52.2 Å². The number of aromatic nitrogens is 2. The number of amides is 1. The lowest BCUT2D eigenvalue weighted by Gasteiger charge is -2.36. The van der Waals surface area contributed by atoms with Crippen molar-refractivity contribution in [3.63, 3.8) is 0 Å². The topological polar surface area (TPSA) is 114 Å². The van der Waals surface area contributed by atoms with Crippen molar-refractivity contribution >= 4 is 11.9 Å². The normalized spacial score (nSPS) is 14.1. The summed E-state index contributed by atoms with van der Waals surface area (Å²) in [6.07, 6.45) is 0.0250. The number of carbonyl (C=O) groups is 2. The first-order chi connectivity index (χ1) is 16.9. The smallest absolute Gasteiger partial charge is 0.305 e. The van der Waals surface area contributed by atoms with Crippen LogP contribution in [0.5, 0.6) is 5.88 Å². The summed E-state index contributed by atoms with van der Waals surface area (Å²) in [6.45, 7) is 7.08. The van der Waals surface area contributed by atoms with Gasteiger partial charge in [0.25, 0.3) is 5.91 Å². The summed E-state index contributed by atoms with van der Waals surface area (Å²) in [6, 6.07) is 15.8. The molecular weight excluding hydrogens is 465 g/mol. The van der Waals surface area contributed by atoms with E-state index in [4.69, 9.17) is 4.74 Å². The Kier molecular flexibility index (Phi) is 8.14. The van der Waals surface area contributed by atoms with Gasteiger partial charge in [0.05, 0.1) is 6.42 Å². The van der Waals surface area contributed by atoms with Gasteiger partial charge < -0.3 is 20.3 Å². The predicted octanol–water partition coefficient (Wildman–Crippen LogP) is 4.00. The SMILES string of the molecule is CC(C)(C)C(C)(O)COc1cc(C(=O)NC(CC(=O)O)Cc2ccccc2)nn1-c1ccccc1F. The molecule has 3 rings (SSSR count). The van der Waals surface area contributed by atoms with E-state index >= 15 is 0 Å². The third-order valence-corrected chi connectivity index (χ3v) is 6.19. The highest BCUT2D eigenvalue weighted by atomic mass is 19.1. The molecule has 192 valence electrons. The lowest BCUT2D eigenvalue weighted by Crippen LogP contribution is -2.45. The van der Waals surface area contributed by atoms with Gasteiger partial charge in [0.15, 0.2) is 5.69 Å². The molecular formula is C27H32FN3O5.